The molecule has 0 saturated carbocycles. The van der Waals surface area contributed by atoms with Gasteiger partial charge in [-0.3, -0.25) is 4.90 Å². The molecule has 1 aliphatic heterocycles. The summed E-state index contributed by atoms with van der Waals surface area (Å²) in [6.45, 7) is 5.76. The van der Waals surface area contributed by atoms with Gasteiger partial charge in [0.25, 0.3) is 0 Å². The van der Waals surface area contributed by atoms with Crippen molar-refractivity contribution in [2.45, 2.75) is 39.4 Å². The van der Waals surface area contributed by atoms with E-state index in [1.54, 1.807) is 27.9 Å². The molecule has 0 N–H and O–H groups in total. The molecule has 1 aliphatic rings. The molecule has 196 valence electrons. The average Bonchev–Trinajstić information content (AvgIpc) is 3.19. The Morgan fingerprint density at radius 3 is 2.44 bits per heavy atom. The SMILES string of the molecule is Cc1cc2c(cnn2-c2ccc(F)cc2)cc1C1CN(S(=O)(=O)CC(C)C)CCN1CCC(F)(F)F. The normalized spacial score (nSPS) is 18.4. The van der Waals surface area contributed by atoms with Crippen molar-refractivity contribution in [2.75, 3.05) is 31.9 Å². The van der Waals surface area contributed by atoms with Crippen molar-refractivity contribution < 1.29 is 26.0 Å². The van der Waals surface area contributed by atoms with E-state index >= 15 is 0 Å². The summed E-state index contributed by atoms with van der Waals surface area (Å²) >= 11 is 0. The fourth-order valence-corrected chi connectivity index (χ4v) is 6.53. The van der Waals surface area contributed by atoms with E-state index in [1.807, 2.05) is 32.9 Å². The van der Waals surface area contributed by atoms with Crippen molar-refractivity contribution in [3.63, 3.8) is 0 Å². The number of fused-ring (bicyclic) bond motifs is 1. The summed E-state index contributed by atoms with van der Waals surface area (Å²) in [5.41, 5.74) is 3.03. The number of rotatable bonds is 7. The second-order valence-corrected chi connectivity index (χ2v) is 11.8. The Labute approximate surface area is 208 Å². The highest BCUT2D eigenvalue weighted by atomic mass is 32.2. The van der Waals surface area contributed by atoms with E-state index < -0.39 is 28.7 Å². The van der Waals surface area contributed by atoms with Crippen molar-refractivity contribution >= 4 is 20.9 Å². The fourth-order valence-electron chi connectivity index (χ4n) is 4.75. The van der Waals surface area contributed by atoms with Crippen LogP contribution in [-0.2, 0) is 10.0 Å². The monoisotopic (exact) mass is 526 g/mol. The Kier molecular flexibility index (Phi) is 7.45. The molecule has 6 nitrogen and oxygen atoms in total. The largest absolute Gasteiger partial charge is 0.390 e. The number of halogens is 4. The molecule has 0 bridgehead atoms. The highest BCUT2D eigenvalue weighted by Crippen LogP contribution is 2.34. The van der Waals surface area contributed by atoms with Gasteiger partial charge in [0.2, 0.25) is 10.0 Å². The molecule has 0 radical (unpaired) electrons. The molecule has 2 aromatic carbocycles. The lowest BCUT2D eigenvalue weighted by atomic mass is 9.96. The molecule has 1 unspecified atom stereocenters. The molecule has 11 heteroatoms. The van der Waals surface area contributed by atoms with Crippen LogP contribution in [0.25, 0.3) is 16.6 Å². The van der Waals surface area contributed by atoms with Crippen LogP contribution in [0.1, 0.15) is 37.4 Å². The topological polar surface area (TPSA) is 58.4 Å². The Morgan fingerprint density at radius 1 is 1.11 bits per heavy atom. The van der Waals surface area contributed by atoms with Crippen LogP contribution in [0.5, 0.6) is 0 Å². The lowest BCUT2D eigenvalue weighted by Gasteiger charge is -2.42. The number of alkyl halides is 3. The van der Waals surface area contributed by atoms with E-state index in [4.69, 9.17) is 0 Å². The minimum Gasteiger partial charge on any atom is -0.293 e. The molecule has 36 heavy (non-hydrogen) atoms. The lowest BCUT2D eigenvalue weighted by Crippen LogP contribution is -2.51. The van der Waals surface area contributed by atoms with Crippen LogP contribution in [0.3, 0.4) is 0 Å². The van der Waals surface area contributed by atoms with Crippen molar-refractivity contribution in [3.05, 3.63) is 59.5 Å². The molecule has 1 atom stereocenters. The predicted molar refractivity (Wildman–Crippen MR) is 131 cm³/mol. The van der Waals surface area contributed by atoms with Crippen LogP contribution in [0.4, 0.5) is 17.6 Å². The van der Waals surface area contributed by atoms with Gasteiger partial charge in [0.1, 0.15) is 5.82 Å². The summed E-state index contributed by atoms with van der Waals surface area (Å²) in [6, 6.07) is 9.16. The van der Waals surface area contributed by atoms with Gasteiger partial charge < -0.3 is 0 Å². The molecule has 1 fully saturated rings. The minimum absolute atomic E-state index is 0.00920. The van der Waals surface area contributed by atoms with Crippen molar-refractivity contribution in [1.82, 2.24) is 19.0 Å². The standard InChI is InChI=1S/C25H30F4N4O2S/c1-17(2)16-36(34,35)32-11-10-31(9-8-25(27,28)29)24(15-32)22-13-19-14-30-33(23(19)12-18(22)3)21-6-4-20(26)5-7-21/h4-7,12-14,17,24H,8-11,15-16H2,1-3H3. The molecular formula is C25H30F4N4O2S. The van der Waals surface area contributed by atoms with Crippen molar-refractivity contribution in [2.24, 2.45) is 5.92 Å². The third-order valence-corrected chi connectivity index (χ3v) is 8.67. The number of aryl methyl sites for hydroxylation is 1. The van der Waals surface area contributed by atoms with Crippen LogP contribution in [0.2, 0.25) is 0 Å². The first kappa shape index (κ1) is 26.6. The van der Waals surface area contributed by atoms with Gasteiger partial charge in [0, 0.05) is 37.6 Å². The molecule has 1 aromatic heterocycles. The lowest BCUT2D eigenvalue weighted by molar-refractivity contribution is -0.140. The number of hydrogen-bond acceptors (Lipinski definition) is 4. The maximum absolute atomic E-state index is 13.4. The van der Waals surface area contributed by atoms with E-state index in [9.17, 15) is 26.0 Å². The van der Waals surface area contributed by atoms with Gasteiger partial charge in [0.05, 0.1) is 29.6 Å². The number of benzene rings is 2. The molecule has 4 rings (SSSR count). The van der Waals surface area contributed by atoms with Gasteiger partial charge in [0.15, 0.2) is 0 Å². The Balaban J connectivity index is 1.71. The third kappa shape index (κ3) is 5.90. The van der Waals surface area contributed by atoms with Crippen LogP contribution >= 0.6 is 0 Å². The number of sulfonamides is 1. The Hall–Kier alpha value is -2.50. The maximum Gasteiger partial charge on any atom is 0.390 e. The molecule has 0 spiro atoms. The summed E-state index contributed by atoms with van der Waals surface area (Å²) in [4.78, 5) is 1.73. The zero-order valence-corrected chi connectivity index (χ0v) is 21.3. The number of piperazine rings is 1. The summed E-state index contributed by atoms with van der Waals surface area (Å²) < 4.78 is 81.6. The van der Waals surface area contributed by atoms with Gasteiger partial charge in [-0.15, -0.1) is 0 Å². The Morgan fingerprint density at radius 2 is 1.81 bits per heavy atom. The van der Waals surface area contributed by atoms with Crippen LogP contribution in [0, 0.1) is 18.7 Å². The van der Waals surface area contributed by atoms with Gasteiger partial charge in [-0.2, -0.15) is 22.6 Å². The first-order chi connectivity index (χ1) is 16.8. The van der Waals surface area contributed by atoms with Crippen molar-refractivity contribution in [1.29, 1.82) is 0 Å². The highest BCUT2D eigenvalue weighted by Gasteiger charge is 2.37. The van der Waals surface area contributed by atoms with E-state index in [1.165, 1.54) is 16.4 Å². The van der Waals surface area contributed by atoms with Crippen LogP contribution in [-0.4, -0.2) is 65.5 Å². The molecule has 0 amide bonds. The second-order valence-electron chi connectivity index (χ2n) is 9.75. The summed E-state index contributed by atoms with van der Waals surface area (Å²) in [5, 5.41) is 5.18. The fraction of sp³-hybridized carbons (Fsp3) is 0.480. The average molecular weight is 527 g/mol. The van der Waals surface area contributed by atoms with E-state index in [0.717, 1.165) is 22.0 Å². The summed E-state index contributed by atoms with van der Waals surface area (Å²) in [7, 11) is -3.54. The second kappa shape index (κ2) is 10.1. The van der Waals surface area contributed by atoms with Crippen LogP contribution < -0.4 is 0 Å². The first-order valence-electron chi connectivity index (χ1n) is 11.9. The molecule has 0 aliphatic carbocycles. The molecule has 2 heterocycles. The third-order valence-electron chi connectivity index (χ3n) is 6.46. The van der Waals surface area contributed by atoms with E-state index in [0.29, 0.717) is 5.69 Å². The molecular weight excluding hydrogens is 496 g/mol. The van der Waals surface area contributed by atoms with Gasteiger partial charge in [-0.05, 0) is 60.4 Å². The van der Waals surface area contributed by atoms with Crippen molar-refractivity contribution in [3.8, 4) is 5.69 Å². The number of aromatic nitrogens is 2. The summed E-state index contributed by atoms with van der Waals surface area (Å²) in [6.07, 6.45) is -3.62. The van der Waals surface area contributed by atoms with E-state index in [2.05, 4.69) is 5.10 Å². The smallest absolute Gasteiger partial charge is 0.293 e. The van der Waals surface area contributed by atoms with Gasteiger partial charge in [-0.25, -0.2) is 17.5 Å². The highest BCUT2D eigenvalue weighted by molar-refractivity contribution is 7.89. The molecule has 1 saturated heterocycles. The Bertz CT molecular complexity index is 1320. The predicted octanol–water partition coefficient (Wildman–Crippen LogP) is 5.07. The minimum atomic E-state index is -4.30. The summed E-state index contributed by atoms with van der Waals surface area (Å²) in [5.74, 6) is -0.431. The maximum atomic E-state index is 13.4. The van der Waals surface area contributed by atoms with Crippen LogP contribution in [0.15, 0.2) is 42.6 Å². The number of hydrogen-bond donors (Lipinski definition) is 0. The zero-order valence-electron chi connectivity index (χ0n) is 20.5. The van der Waals surface area contributed by atoms with Gasteiger partial charge in [-0.1, -0.05) is 13.8 Å². The molecule has 3 aromatic rings. The van der Waals surface area contributed by atoms with E-state index in [-0.39, 0.29) is 43.7 Å². The quantitative estimate of drug-likeness (QED) is 0.404. The first-order valence-corrected chi connectivity index (χ1v) is 13.5. The van der Waals surface area contributed by atoms with Gasteiger partial charge >= 0.3 is 6.18 Å². The zero-order chi connectivity index (χ0) is 26.3. The number of nitrogens with zero attached hydrogens (tertiary/aromatic N) is 4.